The number of hydrogen-bond donors (Lipinski definition) is 2. The molecule has 3 atom stereocenters. The van der Waals surface area contributed by atoms with Gasteiger partial charge in [-0.15, -0.1) is 0 Å². The number of anilines is 2. The molecule has 1 aliphatic carbocycles. The smallest absolute Gasteiger partial charge is 0.261 e. The number of hydrogen-bond acceptors (Lipinski definition) is 3. The first kappa shape index (κ1) is 20.6. The van der Waals surface area contributed by atoms with Gasteiger partial charge in [0.2, 0.25) is 0 Å². The second-order valence-corrected chi connectivity index (χ2v) is 10.9. The number of rotatable bonds is 4. The van der Waals surface area contributed by atoms with Gasteiger partial charge < -0.3 is 5.32 Å². The van der Waals surface area contributed by atoms with Crippen LogP contribution in [0.4, 0.5) is 11.4 Å². The number of benzene rings is 3. The molecular weight excluding hydrogens is 496 g/mol. The van der Waals surface area contributed by atoms with Crippen LogP contribution in [0.2, 0.25) is 5.02 Å². The Kier molecular flexibility index (Phi) is 5.32. The maximum Gasteiger partial charge on any atom is 0.261 e. The van der Waals surface area contributed by atoms with Gasteiger partial charge in [-0.05, 0) is 78.1 Å². The van der Waals surface area contributed by atoms with Crippen LogP contribution in [0.15, 0.2) is 88.3 Å². The van der Waals surface area contributed by atoms with Gasteiger partial charge in [-0.1, -0.05) is 51.8 Å². The fraction of sp³-hybridized carbons (Fsp3) is 0.167. The minimum Gasteiger partial charge on any atom is -0.378 e. The summed E-state index contributed by atoms with van der Waals surface area (Å²) in [4.78, 5) is 0.264. The molecule has 0 unspecified atom stereocenters. The Morgan fingerprint density at radius 1 is 1.00 bits per heavy atom. The van der Waals surface area contributed by atoms with E-state index in [4.69, 9.17) is 11.6 Å². The van der Waals surface area contributed by atoms with E-state index in [-0.39, 0.29) is 16.9 Å². The van der Waals surface area contributed by atoms with Crippen molar-refractivity contribution >= 4 is 48.9 Å². The molecule has 158 valence electrons. The van der Waals surface area contributed by atoms with Gasteiger partial charge in [-0.25, -0.2) is 8.42 Å². The van der Waals surface area contributed by atoms with Crippen LogP contribution in [0.1, 0.15) is 29.5 Å². The van der Waals surface area contributed by atoms with Crippen molar-refractivity contribution in [2.45, 2.75) is 23.3 Å². The van der Waals surface area contributed by atoms with Crippen molar-refractivity contribution in [1.29, 1.82) is 0 Å². The lowest BCUT2D eigenvalue weighted by Gasteiger charge is -2.37. The molecule has 4 nitrogen and oxygen atoms in total. The first-order valence-electron chi connectivity index (χ1n) is 10.0. The van der Waals surface area contributed by atoms with Crippen LogP contribution < -0.4 is 10.0 Å². The Morgan fingerprint density at radius 2 is 1.74 bits per heavy atom. The first-order valence-corrected chi connectivity index (χ1v) is 12.7. The van der Waals surface area contributed by atoms with E-state index < -0.39 is 10.0 Å². The zero-order valence-corrected chi connectivity index (χ0v) is 19.6. The van der Waals surface area contributed by atoms with Crippen molar-refractivity contribution in [2.75, 3.05) is 10.0 Å². The van der Waals surface area contributed by atoms with Gasteiger partial charge in [-0.3, -0.25) is 4.72 Å². The highest BCUT2D eigenvalue weighted by Crippen LogP contribution is 2.50. The Bertz CT molecular complexity index is 1260. The van der Waals surface area contributed by atoms with Gasteiger partial charge >= 0.3 is 0 Å². The van der Waals surface area contributed by atoms with Crippen molar-refractivity contribution in [2.24, 2.45) is 5.92 Å². The maximum absolute atomic E-state index is 13.0. The standard InChI is InChI=1S/C24H20BrClN2O2S/c25-16-6-10-18(11-7-16)28-31(29,30)19-12-13-23-22(14-19)20-2-1-3-21(20)24(27-23)15-4-8-17(26)9-5-15/h1-2,4-14,20-21,24,27-28H,3H2/t20-,21+,24+/m0/s1. The molecule has 0 fully saturated rings. The lowest BCUT2D eigenvalue weighted by Crippen LogP contribution is -2.29. The van der Waals surface area contributed by atoms with E-state index in [1.807, 2.05) is 18.2 Å². The topological polar surface area (TPSA) is 58.2 Å². The summed E-state index contributed by atoms with van der Waals surface area (Å²) >= 11 is 9.44. The van der Waals surface area contributed by atoms with E-state index in [0.717, 1.165) is 22.1 Å². The lowest BCUT2D eigenvalue weighted by atomic mass is 9.77. The highest BCUT2D eigenvalue weighted by atomic mass is 79.9. The predicted octanol–water partition coefficient (Wildman–Crippen LogP) is 6.73. The van der Waals surface area contributed by atoms with Gasteiger partial charge in [-0.2, -0.15) is 0 Å². The maximum atomic E-state index is 13.0. The van der Waals surface area contributed by atoms with Crippen LogP contribution in [0, 0.1) is 5.92 Å². The van der Waals surface area contributed by atoms with Crippen molar-refractivity contribution < 1.29 is 8.42 Å². The van der Waals surface area contributed by atoms with Gasteiger partial charge in [0.25, 0.3) is 10.0 Å². The minimum absolute atomic E-state index is 0.146. The Balaban J connectivity index is 1.48. The molecule has 2 aliphatic rings. The average Bonchev–Trinajstić information content (AvgIpc) is 3.25. The van der Waals surface area contributed by atoms with Crippen molar-refractivity contribution in [1.82, 2.24) is 0 Å². The third-order valence-electron chi connectivity index (χ3n) is 5.97. The third kappa shape index (κ3) is 4.00. The fourth-order valence-electron chi connectivity index (χ4n) is 4.47. The van der Waals surface area contributed by atoms with Gasteiger partial charge in [0.05, 0.1) is 10.9 Å². The molecule has 3 aromatic rings. The Hall–Kier alpha value is -2.28. The predicted molar refractivity (Wildman–Crippen MR) is 129 cm³/mol. The lowest BCUT2D eigenvalue weighted by molar-refractivity contribution is 0.425. The molecule has 5 rings (SSSR count). The third-order valence-corrected chi connectivity index (χ3v) is 8.13. The van der Waals surface area contributed by atoms with Crippen LogP contribution in [0.5, 0.6) is 0 Å². The van der Waals surface area contributed by atoms with Crippen molar-refractivity contribution in [3.63, 3.8) is 0 Å². The highest BCUT2D eigenvalue weighted by molar-refractivity contribution is 9.10. The summed E-state index contributed by atoms with van der Waals surface area (Å²) in [6, 6.07) is 20.5. The summed E-state index contributed by atoms with van der Waals surface area (Å²) in [6.45, 7) is 0. The van der Waals surface area contributed by atoms with E-state index >= 15 is 0 Å². The largest absolute Gasteiger partial charge is 0.378 e. The summed E-state index contributed by atoms with van der Waals surface area (Å²) in [5.74, 6) is 0.492. The molecule has 0 saturated carbocycles. The van der Waals surface area contributed by atoms with Crippen LogP contribution in [-0.2, 0) is 10.0 Å². The molecule has 0 saturated heterocycles. The highest BCUT2D eigenvalue weighted by Gasteiger charge is 2.38. The molecular formula is C24H20BrClN2O2S. The van der Waals surface area contributed by atoms with Crippen molar-refractivity contribution in [3.8, 4) is 0 Å². The second-order valence-electron chi connectivity index (χ2n) is 7.89. The first-order chi connectivity index (χ1) is 14.9. The normalized spacial score (nSPS) is 21.8. The molecule has 7 heteroatoms. The molecule has 1 aliphatic heterocycles. The average molecular weight is 516 g/mol. The summed E-state index contributed by atoms with van der Waals surface area (Å²) in [7, 11) is -3.69. The minimum atomic E-state index is -3.69. The molecule has 0 radical (unpaired) electrons. The summed E-state index contributed by atoms with van der Waals surface area (Å²) < 4.78 is 29.6. The molecule has 1 heterocycles. The van der Waals surface area contributed by atoms with E-state index in [2.05, 4.69) is 50.3 Å². The summed E-state index contributed by atoms with van der Waals surface area (Å²) in [6.07, 6.45) is 5.33. The molecule has 0 spiro atoms. The van der Waals surface area contributed by atoms with Crippen LogP contribution >= 0.6 is 27.5 Å². The number of sulfonamides is 1. The summed E-state index contributed by atoms with van der Waals surface area (Å²) in [5, 5.41) is 4.35. The van der Waals surface area contributed by atoms with Crippen molar-refractivity contribution in [3.05, 3.63) is 99.5 Å². The van der Waals surface area contributed by atoms with E-state index in [0.29, 0.717) is 16.6 Å². The molecule has 2 N–H and O–H groups in total. The van der Waals surface area contributed by atoms with E-state index in [9.17, 15) is 8.42 Å². The Labute approximate surface area is 195 Å². The number of fused-ring (bicyclic) bond motifs is 3. The molecule has 0 aromatic heterocycles. The Morgan fingerprint density at radius 3 is 2.48 bits per heavy atom. The molecule has 0 amide bonds. The van der Waals surface area contributed by atoms with E-state index in [1.54, 1.807) is 36.4 Å². The van der Waals surface area contributed by atoms with E-state index in [1.165, 1.54) is 5.56 Å². The SMILES string of the molecule is O=S(=O)(Nc1ccc(Br)cc1)c1ccc2c(c1)[C@H]1C=CC[C@H]1[C@@H](c1ccc(Cl)cc1)N2. The van der Waals surface area contributed by atoms with Gasteiger partial charge in [0.15, 0.2) is 0 Å². The second kappa shape index (κ2) is 8.01. The molecule has 0 bridgehead atoms. The monoisotopic (exact) mass is 514 g/mol. The quantitative estimate of drug-likeness (QED) is 0.379. The fourth-order valence-corrected chi connectivity index (χ4v) is 5.96. The van der Waals surface area contributed by atoms with Crippen LogP contribution in [0.25, 0.3) is 0 Å². The van der Waals surface area contributed by atoms with Crippen LogP contribution in [0.3, 0.4) is 0 Å². The number of nitrogens with one attached hydrogen (secondary N) is 2. The van der Waals surface area contributed by atoms with Crippen LogP contribution in [-0.4, -0.2) is 8.42 Å². The molecule has 3 aromatic carbocycles. The zero-order chi connectivity index (χ0) is 21.6. The van der Waals surface area contributed by atoms with Gasteiger partial charge in [0.1, 0.15) is 0 Å². The molecule has 31 heavy (non-hydrogen) atoms. The number of allylic oxidation sites excluding steroid dienone is 2. The zero-order valence-electron chi connectivity index (χ0n) is 16.4. The summed E-state index contributed by atoms with van der Waals surface area (Å²) in [5.41, 5.74) is 3.70. The number of halogens is 2. The van der Waals surface area contributed by atoms with Gasteiger partial charge in [0, 0.05) is 26.8 Å².